The maximum atomic E-state index is 8.49. The second kappa shape index (κ2) is 7.04. The number of benzene rings is 1. The van der Waals surface area contributed by atoms with Crippen LogP contribution in [0.2, 0.25) is 0 Å². The van der Waals surface area contributed by atoms with Crippen molar-refractivity contribution in [1.29, 1.82) is 0 Å². The molecule has 0 spiro atoms. The van der Waals surface area contributed by atoms with Gasteiger partial charge in [-0.2, -0.15) is 0 Å². The van der Waals surface area contributed by atoms with Crippen molar-refractivity contribution >= 4 is 11.8 Å². The molecule has 0 saturated heterocycles. The average Bonchev–Trinajstić information content (AvgIpc) is 2.30. The lowest BCUT2D eigenvalue weighted by Gasteiger charge is -2.06. The van der Waals surface area contributed by atoms with Crippen molar-refractivity contribution in [3.8, 4) is 0 Å². The monoisotopic (exact) mass is 207 g/mol. The average molecular weight is 207 g/mol. The van der Waals surface area contributed by atoms with Gasteiger partial charge in [-0.1, -0.05) is 24.8 Å². The Bertz CT molecular complexity index is 282. The lowest BCUT2D eigenvalue weighted by atomic mass is 10.2. The van der Waals surface area contributed by atoms with Crippen LogP contribution < -0.4 is 5.32 Å². The predicted molar refractivity (Wildman–Crippen MR) is 62.9 cm³/mol. The Balaban J connectivity index is 2.22. The molecule has 0 heterocycles. The van der Waals surface area contributed by atoms with Gasteiger partial charge in [-0.05, 0) is 17.7 Å². The fraction of sp³-hybridized carbons (Fsp3) is 0.333. The lowest BCUT2D eigenvalue weighted by molar-refractivity contribution is 0.0992. The molecule has 3 nitrogen and oxygen atoms in total. The van der Waals surface area contributed by atoms with Gasteiger partial charge in [-0.25, -0.2) is 0 Å². The minimum atomic E-state index is 0.0774. The van der Waals surface area contributed by atoms with Crippen molar-refractivity contribution in [2.75, 3.05) is 31.7 Å². The van der Waals surface area contributed by atoms with E-state index >= 15 is 0 Å². The van der Waals surface area contributed by atoms with Crippen molar-refractivity contribution in [3.05, 3.63) is 36.4 Å². The summed E-state index contributed by atoms with van der Waals surface area (Å²) >= 11 is 0. The Hall–Kier alpha value is -1.32. The van der Waals surface area contributed by atoms with Crippen LogP contribution in [0.1, 0.15) is 5.56 Å². The van der Waals surface area contributed by atoms with Crippen LogP contribution in [0.15, 0.2) is 30.8 Å². The molecule has 0 aliphatic rings. The quantitative estimate of drug-likeness (QED) is 0.669. The molecule has 1 rings (SSSR count). The van der Waals surface area contributed by atoms with Crippen LogP contribution in [-0.4, -0.2) is 31.5 Å². The molecule has 0 saturated carbocycles. The number of aliphatic hydroxyl groups excluding tert-OH is 1. The lowest BCUT2D eigenvalue weighted by Crippen LogP contribution is -2.11. The van der Waals surface area contributed by atoms with Gasteiger partial charge in [-0.3, -0.25) is 0 Å². The van der Waals surface area contributed by atoms with E-state index in [1.165, 1.54) is 0 Å². The van der Waals surface area contributed by atoms with Crippen LogP contribution in [0.25, 0.3) is 6.08 Å². The Morgan fingerprint density at radius 3 is 2.60 bits per heavy atom. The van der Waals surface area contributed by atoms with Gasteiger partial charge in [0.25, 0.3) is 0 Å². The zero-order chi connectivity index (χ0) is 10.9. The Kier molecular flexibility index (Phi) is 5.51. The highest BCUT2D eigenvalue weighted by Gasteiger charge is 1.91. The molecule has 2 N–H and O–H groups in total. The van der Waals surface area contributed by atoms with Crippen LogP contribution >= 0.6 is 0 Å². The molecular weight excluding hydrogens is 190 g/mol. The Morgan fingerprint density at radius 2 is 2.00 bits per heavy atom. The molecule has 0 fully saturated rings. The van der Waals surface area contributed by atoms with Crippen LogP contribution in [-0.2, 0) is 4.74 Å². The first-order valence-corrected chi connectivity index (χ1v) is 5.02. The van der Waals surface area contributed by atoms with Crippen molar-refractivity contribution in [2.24, 2.45) is 0 Å². The normalized spacial score (nSPS) is 9.93. The molecule has 0 radical (unpaired) electrons. The van der Waals surface area contributed by atoms with E-state index in [1.54, 1.807) is 0 Å². The van der Waals surface area contributed by atoms with E-state index in [2.05, 4.69) is 11.9 Å². The van der Waals surface area contributed by atoms with Gasteiger partial charge in [0.1, 0.15) is 0 Å². The first-order chi connectivity index (χ1) is 7.36. The van der Waals surface area contributed by atoms with E-state index < -0.39 is 0 Å². The smallest absolute Gasteiger partial charge is 0.0698 e. The van der Waals surface area contributed by atoms with E-state index in [1.807, 2.05) is 30.3 Å². The fourth-order valence-corrected chi connectivity index (χ4v) is 1.17. The maximum absolute atomic E-state index is 8.49. The van der Waals surface area contributed by atoms with Crippen molar-refractivity contribution in [1.82, 2.24) is 0 Å². The van der Waals surface area contributed by atoms with Gasteiger partial charge in [0, 0.05) is 12.2 Å². The number of aliphatic hydroxyl groups is 1. The van der Waals surface area contributed by atoms with Gasteiger partial charge in [0.15, 0.2) is 0 Å². The molecule has 1 aromatic rings. The largest absolute Gasteiger partial charge is 0.394 e. The van der Waals surface area contributed by atoms with Gasteiger partial charge >= 0.3 is 0 Å². The van der Waals surface area contributed by atoms with Gasteiger partial charge in [0.05, 0.1) is 19.8 Å². The molecule has 0 aliphatic carbocycles. The highest BCUT2D eigenvalue weighted by molar-refractivity contribution is 5.53. The Labute approximate surface area is 90.4 Å². The van der Waals surface area contributed by atoms with Crippen molar-refractivity contribution in [2.45, 2.75) is 0 Å². The van der Waals surface area contributed by atoms with Gasteiger partial charge < -0.3 is 15.2 Å². The summed E-state index contributed by atoms with van der Waals surface area (Å²) in [4.78, 5) is 0. The summed E-state index contributed by atoms with van der Waals surface area (Å²) in [6.07, 6.45) is 1.81. The molecule has 15 heavy (non-hydrogen) atoms. The van der Waals surface area contributed by atoms with Crippen LogP contribution in [0, 0.1) is 0 Å². The van der Waals surface area contributed by atoms with Crippen molar-refractivity contribution in [3.63, 3.8) is 0 Å². The van der Waals surface area contributed by atoms with Crippen LogP contribution in [0.5, 0.6) is 0 Å². The summed E-state index contributed by atoms with van der Waals surface area (Å²) < 4.78 is 5.12. The predicted octanol–water partition coefficient (Wildman–Crippen LogP) is 1.75. The number of hydrogen-bond donors (Lipinski definition) is 2. The molecule has 0 atom stereocenters. The molecule has 3 heteroatoms. The topological polar surface area (TPSA) is 41.5 Å². The second-order valence-corrected chi connectivity index (χ2v) is 3.09. The molecule has 0 unspecified atom stereocenters. The summed E-state index contributed by atoms with van der Waals surface area (Å²) in [5.74, 6) is 0. The molecule has 0 aliphatic heterocycles. The minimum Gasteiger partial charge on any atom is -0.394 e. The highest BCUT2D eigenvalue weighted by Crippen LogP contribution is 2.09. The van der Waals surface area contributed by atoms with Crippen molar-refractivity contribution < 1.29 is 9.84 Å². The van der Waals surface area contributed by atoms with Crippen LogP contribution in [0.4, 0.5) is 5.69 Å². The minimum absolute atomic E-state index is 0.0774. The summed E-state index contributed by atoms with van der Waals surface area (Å²) in [6, 6.07) is 8.01. The van der Waals surface area contributed by atoms with Gasteiger partial charge in [-0.15, -0.1) is 0 Å². The first-order valence-electron chi connectivity index (χ1n) is 5.02. The number of anilines is 1. The Morgan fingerprint density at radius 1 is 1.27 bits per heavy atom. The van der Waals surface area contributed by atoms with E-state index in [4.69, 9.17) is 9.84 Å². The highest BCUT2D eigenvalue weighted by atomic mass is 16.5. The molecule has 0 amide bonds. The zero-order valence-corrected chi connectivity index (χ0v) is 8.78. The number of rotatable bonds is 7. The zero-order valence-electron chi connectivity index (χ0n) is 8.78. The number of hydrogen-bond acceptors (Lipinski definition) is 3. The van der Waals surface area contributed by atoms with E-state index in [9.17, 15) is 0 Å². The molecule has 1 aromatic carbocycles. The maximum Gasteiger partial charge on any atom is 0.0698 e. The standard InChI is InChI=1S/C12H17NO2/c1-2-11-3-5-12(6-4-11)13-7-9-15-10-8-14/h2-6,13-14H,1,7-10H2. The fourth-order valence-electron chi connectivity index (χ4n) is 1.17. The SMILES string of the molecule is C=Cc1ccc(NCCOCCO)cc1. The third kappa shape index (κ3) is 4.63. The molecular formula is C12H17NO2. The summed E-state index contributed by atoms with van der Waals surface area (Å²) in [5, 5.41) is 11.7. The van der Waals surface area contributed by atoms with Crippen LogP contribution in [0.3, 0.4) is 0 Å². The van der Waals surface area contributed by atoms with E-state index in [0.29, 0.717) is 13.2 Å². The first kappa shape index (κ1) is 11.8. The summed E-state index contributed by atoms with van der Waals surface area (Å²) in [6.45, 7) is 5.51. The third-order valence-electron chi connectivity index (χ3n) is 1.96. The van der Waals surface area contributed by atoms with Gasteiger partial charge in [0.2, 0.25) is 0 Å². The third-order valence-corrected chi connectivity index (χ3v) is 1.96. The second-order valence-electron chi connectivity index (χ2n) is 3.09. The number of nitrogens with one attached hydrogen (secondary N) is 1. The number of ether oxygens (including phenoxy) is 1. The molecule has 0 bridgehead atoms. The van der Waals surface area contributed by atoms with E-state index in [0.717, 1.165) is 17.8 Å². The van der Waals surface area contributed by atoms with E-state index in [-0.39, 0.29) is 6.61 Å². The summed E-state index contributed by atoms with van der Waals surface area (Å²) in [5.41, 5.74) is 2.17. The molecule has 0 aromatic heterocycles. The molecule has 82 valence electrons. The summed E-state index contributed by atoms with van der Waals surface area (Å²) in [7, 11) is 0.